The molecule has 0 saturated carbocycles. The Bertz CT molecular complexity index is 1310. The minimum Gasteiger partial charge on any atom is -0.450 e. The lowest BCUT2D eigenvalue weighted by Gasteiger charge is -2.21. The first-order valence-electron chi connectivity index (χ1n) is 10.8. The molecule has 0 aliphatic carbocycles. The SMILES string of the molecule is N#CCCN(C(=O)COC(=O)c1nc(-c2ccccc2)n(-c2ccccc2)n1)c1ccccc1F. The molecule has 0 bridgehead atoms. The molecule has 0 saturated heterocycles. The molecule has 0 spiro atoms. The summed E-state index contributed by atoms with van der Waals surface area (Å²) < 4.78 is 21.0. The van der Waals surface area contributed by atoms with E-state index in [2.05, 4.69) is 10.1 Å². The molecule has 0 fully saturated rings. The molecule has 0 atom stereocenters. The molecule has 0 N–H and O–H groups in total. The van der Waals surface area contributed by atoms with Gasteiger partial charge in [0.2, 0.25) is 0 Å². The van der Waals surface area contributed by atoms with Gasteiger partial charge in [0.1, 0.15) is 5.82 Å². The Hall–Kier alpha value is -4.84. The lowest BCUT2D eigenvalue weighted by Crippen LogP contribution is -2.36. The number of carbonyl (C=O) groups is 2. The number of nitrogens with zero attached hydrogens (tertiary/aromatic N) is 5. The zero-order valence-electron chi connectivity index (χ0n) is 18.5. The third-order valence-electron chi connectivity index (χ3n) is 5.04. The molecule has 35 heavy (non-hydrogen) atoms. The van der Waals surface area contributed by atoms with Crippen molar-refractivity contribution in [2.45, 2.75) is 6.42 Å². The molecule has 0 aliphatic rings. The highest BCUT2D eigenvalue weighted by Crippen LogP contribution is 2.22. The molecule has 174 valence electrons. The number of para-hydroxylation sites is 2. The molecule has 0 unspecified atom stereocenters. The van der Waals surface area contributed by atoms with Crippen LogP contribution in [0.4, 0.5) is 10.1 Å². The van der Waals surface area contributed by atoms with Crippen LogP contribution in [0, 0.1) is 17.1 Å². The van der Waals surface area contributed by atoms with Gasteiger partial charge in [0, 0.05) is 12.1 Å². The van der Waals surface area contributed by atoms with Gasteiger partial charge in [-0.1, -0.05) is 60.7 Å². The van der Waals surface area contributed by atoms with Gasteiger partial charge in [-0.15, -0.1) is 5.10 Å². The highest BCUT2D eigenvalue weighted by atomic mass is 19.1. The zero-order valence-corrected chi connectivity index (χ0v) is 18.5. The summed E-state index contributed by atoms with van der Waals surface area (Å²) in [5, 5.41) is 13.2. The Labute approximate surface area is 200 Å². The van der Waals surface area contributed by atoms with E-state index in [1.807, 2.05) is 66.7 Å². The summed E-state index contributed by atoms with van der Waals surface area (Å²) in [7, 11) is 0. The van der Waals surface area contributed by atoms with Crippen molar-refractivity contribution in [1.29, 1.82) is 5.26 Å². The number of halogens is 1. The summed E-state index contributed by atoms with van der Waals surface area (Å²) in [4.78, 5) is 31.0. The largest absolute Gasteiger partial charge is 0.450 e. The van der Waals surface area contributed by atoms with E-state index in [4.69, 9.17) is 10.00 Å². The number of hydrogen-bond acceptors (Lipinski definition) is 6. The van der Waals surface area contributed by atoms with Crippen LogP contribution in [0.3, 0.4) is 0 Å². The van der Waals surface area contributed by atoms with Crippen molar-refractivity contribution in [2.24, 2.45) is 0 Å². The first-order valence-corrected chi connectivity index (χ1v) is 10.8. The van der Waals surface area contributed by atoms with Crippen molar-refractivity contribution in [2.75, 3.05) is 18.1 Å². The molecule has 1 amide bonds. The second-order valence-electron chi connectivity index (χ2n) is 7.35. The number of aromatic nitrogens is 3. The van der Waals surface area contributed by atoms with Crippen LogP contribution in [0.1, 0.15) is 17.0 Å². The maximum absolute atomic E-state index is 14.3. The molecular formula is C26H20FN5O3. The van der Waals surface area contributed by atoms with Gasteiger partial charge in [0.05, 0.1) is 23.9 Å². The van der Waals surface area contributed by atoms with Gasteiger partial charge >= 0.3 is 5.97 Å². The predicted molar refractivity (Wildman–Crippen MR) is 126 cm³/mol. The molecule has 1 heterocycles. The zero-order chi connectivity index (χ0) is 24.6. The van der Waals surface area contributed by atoms with E-state index in [-0.39, 0.29) is 24.5 Å². The van der Waals surface area contributed by atoms with Crippen molar-refractivity contribution in [1.82, 2.24) is 14.8 Å². The number of ether oxygens (including phenoxy) is 1. The maximum Gasteiger partial charge on any atom is 0.378 e. The number of rotatable bonds is 8. The monoisotopic (exact) mass is 469 g/mol. The van der Waals surface area contributed by atoms with Crippen molar-refractivity contribution >= 4 is 17.6 Å². The fourth-order valence-corrected chi connectivity index (χ4v) is 3.40. The number of hydrogen-bond donors (Lipinski definition) is 0. The minimum atomic E-state index is -0.904. The van der Waals surface area contributed by atoms with Crippen LogP contribution in [-0.4, -0.2) is 39.8 Å². The van der Waals surface area contributed by atoms with Gasteiger partial charge in [-0.05, 0) is 24.3 Å². The number of nitriles is 1. The quantitative estimate of drug-likeness (QED) is 0.359. The topological polar surface area (TPSA) is 101 Å². The van der Waals surface area contributed by atoms with E-state index < -0.39 is 24.3 Å². The first-order chi connectivity index (χ1) is 17.1. The third-order valence-corrected chi connectivity index (χ3v) is 5.04. The molecule has 8 nitrogen and oxygen atoms in total. The van der Waals surface area contributed by atoms with Crippen molar-refractivity contribution < 1.29 is 18.7 Å². The van der Waals surface area contributed by atoms with Gasteiger partial charge in [-0.25, -0.2) is 18.9 Å². The van der Waals surface area contributed by atoms with Crippen LogP contribution in [0.2, 0.25) is 0 Å². The first kappa shape index (κ1) is 23.3. The highest BCUT2D eigenvalue weighted by molar-refractivity contribution is 5.96. The highest BCUT2D eigenvalue weighted by Gasteiger charge is 2.24. The number of carbonyl (C=O) groups excluding carboxylic acids is 2. The second-order valence-corrected chi connectivity index (χ2v) is 7.35. The number of amides is 1. The van der Waals surface area contributed by atoms with Crippen LogP contribution in [0.5, 0.6) is 0 Å². The smallest absolute Gasteiger partial charge is 0.378 e. The summed E-state index contributed by atoms with van der Waals surface area (Å²) >= 11 is 0. The average molecular weight is 469 g/mol. The lowest BCUT2D eigenvalue weighted by molar-refractivity contribution is -0.121. The second kappa shape index (κ2) is 10.9. The van der Waals surface area contributed by atoms with E-state index in [1.54, 1.807) is 6.07 Å². The Kier molecular flexibility index (Phi) is 7.23. The van der Waals surface area contributed by atoms with E-state index in [9.17, 15) is 14.0 Å². The Morgan fingerprint density at radius 2 is 1.63 bits per heavy atom. The molecular weight excluding hydrogens is 449 g/mol. The molecule has 3 aromatic carbocycles. The summed E-state index contributed by atoms with van der Waals surface area (Å²) in [5.41, 5.74) is 1.43. The molecule has 0 radical (unpaired) electrons. The number of esters is 1. The van der Waals surface area contributed by atoms with Crippen molar-refractivity contribution in [3.63, 3.8) is 0 Å². The fraction of sp³-hybridized carbons (Fsp3) is 0.115. The Morgan fingerprint density at radius 3 is 2.31 bits per heavy atom. The van der Waals surface area contributed by atoms with Gasteiger partial charge < -0.3 is 9.64 Å². The fourth-order valence-electron chi connectivity index (χ4n) is 3.40. The number of anilines is 1. The summed E-state index contributed by atoms with van der Waals surface area (Å²) in [5.74, 6) is -2.00. The Balaban J connectivity index is 1.56. The van der Waals surface area contributed by atoms with E-state index in [0.717, 1.165) is 10.5 Å². The van der Waals surface area contributed by atoms with Crippen LogP contribution in [0.15, 0.2) is 84.9 Å². The van der Waals surface area contributed by atoms with Crippen LogP contribution in [-0.2, 0) is 9.53 Å². The van der Waals surface area contributed by atoms with E-state index in [1.165, 1.54) is 22.9 Å². The standard InChI is InChI=1S/C26H20FN5O3/c27-21-14-7-8-15-22(21)31(17-9-16-28)23(33)18-35-26(34)24-29-25(19-10-3-1-4-11-19)32(30-24)20-12-5-2-6-13-20/h1-8,10-15H,9,17-18H2. The van der Waals surface area contributed by atoms with Gasteiger partial charge in [0.15, 0.2) is 12.4 Å². The average Bonchev–Trinajstić information content (AvgIpc) is 3.35. The number of benzene rings is 3. The normalized spacial score (nSPS) is 10.4. The lowest BCUT2D eigenvalue weighted by atomic mass is 10.2. The molecule has 9 heteroatoms. The van der Waals surface area contributed by atoms with E-state index in [0.29, 0.717) is 11.5 Å². The van der Waals surface area contributed by atoms with Gasteiger partial charge in [-0.2, -0.15) is 5.26 Å². The molecule has 4 aromatic rings. The van der Waals surface area contributed by atoms with Gasteiger partial charge in [-0.3, -0.25) is 4.79 Å². The van der Waals surface area contributed by atoms with Crippen molar-refractivity contribution in [3.05, 3.63) is 96.6 Å². The van der Waals surface area contributed by atoms with Crippen LogP contribution < -0.4 is 4.90 Å². The minimum absolute atomic E-state index is 0.00152. The third kappa shape index (κ3) is 5.39. The Morgan fingerprint density at radius 1 is 0.971 bits per heavy atom. The van der Waals surface area contributed by atoms with Crippen molar-refractivity contribution in [3.8, 4) is 23.1 Å². The summed E-state index contributed by atoms with van der Waals surface area (Å²) in [6, 6.07) is 26.0. The molecule has 4 rings (SSSR count). The van der Waals surface area contributed by atoms with E-state index >= 15 is 0 Å². The van der Waals surface area contributed by atoms with Crippen LogP contribution >= 0.6 is 0 Å². The maximum atomic E-state index is 14.3. The molecule has 1 aromatic heterocycles. The molecule has 0 aliphatic heterocycles. The summed E-state index contributed by atoms with van der Waals surface area (Å²) in [6.45, 7) is -0.716. The van der Waals surface area contributed by atoms with Crippen LogP contribution in [0.25, 0.3) is 17.1 Å². The predicted octanol–water partition coefficient (Wildman–Crippen LogP) is 4.18. The summed E-state index contributed by atoms with van der Waals surface area (Å²) in [6.07, 6.45) is -0.0164. The van der Waals surface area contributed by atoms with Gasteiger partial charge in [0.25, 0.3) is 11.7 Å².